The van der Waals surface area contributed by atoms with Crippen molar-refractivity contribution in [1.29, 1.82) is 0 Å². The molecule has 0 bridgehead atoms. The Hall–Kier alpha value is -4.47. The molecule has 1 fully saturated rings. The summed E-state index contributed by atoms with van der Waals surface area (Å²) in [5.41, 5.74) is 9.62. The molecular formula is C29H30FN5O4. The number of esters is 1. The zero-order chi connectivity index (χ0) is 27.5. The van der Waals surface area contributed by atoms with Crippen LogP contribution in [-0.4, -0.2) is 40.5 Å². The number of methoxy groups -OCH3 is 2. The van der Waals surface area contributed by atoms with E-state index in [1.165, 1.54) is 26.4 Å². The average molecular weight is 532 g/mol. The van der Waals surface area contributed by atoms with Crippen molar-refractivity contribution < 1.29 is 23.5 Å². The smallest absolute Gasteiger partial charge is 0.308 e. The molecular weight excluding hydrogens is 501 g/mol. The van der Waals surface area contributed by atoms with Gasteiger partial charge in [-0.1, -0.05) is 24.3 Å². The Labute approximate surface area is 225 Å². The van der Waals surface area contributed by atoms with Crippen LogP contribution in [0.25, 0.3) is 16.8 Å². The molecule has 39 heavy (non-hydrogen) atoms. The molecule has 0 atom stereocenters. The Morgan fingerprint density at radius 2 is 1.85 bits per heavy atom. The predicted octanol–water partition coefficient (Wildman–Crippen LogP) is 4.50. The lowest BCUT2D eigenvalue weighted by Gasteiger charge is -2.26. The summed E-state index contributed by atoms with van der Waals surface area (Å²) in [4.78, 5) is 33.9. The summed E-state index contributed by atoms with van der Waals surface area (Å²) < 4.78 is 25.8. The number of nitrogens with one attached hydrogen (secondary N) is 1. The second-order valence-electron chi connectivity index (χ2n) is 9.65. The monoisotopic (exact) mass is 531 g/mol. The van der Waals surface area contributed by atoms with Gasteiger partial charge in [0.05, 0.1) is 25.7 Å². The zero-order valence-corrected chi connectivity index (χ0v) is 21.8. The fourth-order valence-corrected chi connectivity index (χ4v) is 5.25. The molecule has 2 aromatic carbocycles. The summed E-state index contributed by atoms with van der Waals surface area (Å²) in [5, 5.41) is 2.81. The molecule has 3 N–H and O–H groups in total. The molecule has 1 saturated carbocycles. The predicted molar refractivity (Wildman–Crippen MR) is 144 cm³/mol. The molecule has 5 rings (SSSR count). The summed E-state index contributed by atoms with van der Waals surface area (Å²) in [5.74, 6) is 0.608. The molecule has 0 radical (unpaired) electrons. The van der Waals surface area contributed by atoms with E-state index in [2.05, 4.69) is 10.3 Å². The first-order valence-corrected chi connectivity index (χ1v) is 12.8. The van der Waals surface area contributed by atoms with Gasteiger partial charge in [-0.05, 0) is 49.4 Å². The van der Waals surface area contributed by atoms with Crippen molar-refractivity contribution in [2.75, 3.05) is 20.0 Å². The number of amides is 1. The van der Waals surface area contributed by atoms with Crippen molar-refractivity contribution in [1.82, 2.24) is 19.7 Å². The second kappa shape index (κ2) is 11.1. The van der Waals surface area contributed by atoms with Gasteiger partial charge in [-0.2, -0.15) is 0 Å². The van der Waals surface area contributed by atoms with Crippen LogP contribution in [0.2, 0.25) is 0 Å². The van der Waals surface area contributed by atoms with E-state index >= 15 is 0 Å². The molecule has 0 saturated heterocycles. The second-order valence-corrected chi connectivity index (χ2v) is 9.65. The fraction of sp³-hybridized carbons (Fsp3) is 0.310. The summed E-state index contributed by atoms with van der Waals surface area (Å²) in [6.45, 7) is 0.251. The summed E-state index contributed by atoms with van der Waals surface area (Å²) in [6, 6.07) is 11.5. The van der Waals surface area contributed by atoms with Crippen molar-refractivity contribution in [3.63, 3.8) is 0 Å². The molecule has 9 nitrogen and oxygen atoms in total. The van der Waals surface area contributed by atoms with Crippen LogP contribution in [0.1, 0.15) is 53.3 Å². The number of benzene rings is 2. The molecule has 202 valence electrons. The van der Waals surface area contributed by atoms with Crippen LogP contribution in [-0.2, 0) is 16.1 Å². The van der Waals surface area contributed by atoms with Gasteiger partial charge in [0.1, 0.15) is 34.4 Å². The molecule has 10 heteroatoms. The molecule has 1 amide bonds. The minimum atomic E-state index is -0.512. The highest BCUT2D eigenvalue weighted by molar-refractivity contribution is 5.97. The number of nitrogen functional groups attached to an aromatic ring is 1. The van der Waals surface area contributed by atoms with Crippen molar-refractivity contribution in [2.24, 2.45) is 5.92 Å². The first kappa shape index (κ1) is 26.1. The quantitative estimate of drug-likeness (QED) is 0.337. The van der Waals surface area contributed by atoms with Gasteiger partial charge in [0, 0.05) is 30.4 Å². The molecule has 1 aliphatic rings. The summed E-state index contributed by atoms with van der Waals surface area (Å²) >= 11 is 0. The number of rotatable bonds is 7. The molecule has 0 aliphatic heterocycles. The summed E-state index contributed by atoms with van der Waals surface area (Å²) in [6.07, 6.45) is 6.70. The Kier molecular flexibility index (Phi) is 7.44. The third kappa shape index (κ3) is 5.27. The highest BCUT2D eigenvalue weighted by atomic mass is 19.1. The molecule has 0 unspecified atom stereocenters. The third-order valence-electron chi connectivity index (χ3n) is 7.32. The van der Waals surface area contributed by atoms with Crippen LogP contribution in [0.4, 0.5) is 10.2 Å². The van der Waals surface area contributed by atoms with E-state index in [-0.39, 0.29) is 29.9 Å². The van der Waals surface area contributed by atoms with E-state index in [1.807, 2.05) is 34.9 Å². The van der Waals surface area contributed by atoms with Crippen LogP contribution < -0.4 is 15.8 Å². The number of aromatic nitrogens is 3. The number of nitrogens with two attached hydrogens (primary N) is 1. The lowest BCUT2D eigenvalue weighted by Crippen LogP contribution is -2.23. The fourth-order valence-electron chi connectivity index (χ4n) is 5.25. The number of carbonyl (C=O) groups excluding carboxylic acids is 2. The van der Waals surface area contributed by atoms with E-state index in [0.29, 0.717) is 11.6 Å². The van der Waals surface area contributed by atoms with Gasteiger partial charge in [-0.25, -0.2) is 14.4 Å². The van der Waals surface area contributed by atoms with E-state index in [0.717, 1.165) is 59.9 Å². The highest BCUT2D eigenvalue weighted by Gasteiger charge is 2.31. The molecule has 0 spiro atoms. The van der Waals surface area contributed by atoms with E-state index < -0.39 is 11.7 Å². The van der Waals surface area contributed by atoms with Crippen LogP contribution in [0.15, 0.2) is 54.9 Å². The maximum absolute atomic E-state index is 13.7. The highest BCUT2D eigenvalue weighted by Crippen LogP contribution is 2.38. The topological polar surface area (TPSA) is 121 Å². The maximum atomic E-state index is 13.7. The maximum Gasteiger partial charge on any atom is 0.308 e. The number of nitrogens with zero attached hydrogens (tertiary/aromatic N) is 3. The van der Waals surface area contributed by atoms with Gasteiger partial charge >= 0.3 is 5.97 Å². The van der Waals surface area contributed by atoms with Gasteiger partial charge < -0.3 is 20.5 Å². The van der Waals surface area contributed by atoms with E-state index in [9.17, 15) is 14.0 Å². The normalized spacial score (nSPS) is 17.1. The number of anilines is 1. The lowest BCUT2D eigenvalue weighted by atomic mass is 9.81. The summed E-state index contributed by atoms with van der Waals surface area (Å²) in [7, 11) is 2.86. The van der Waals surface area contributed by atoms with Gasteiger partial charge in [0.2, 0.25) is 0 Å². The number of fused-ring (bicyclic) bond motifs is 1. The Morgan fingerprint density at radius 1 is 1.10 bits per heavy atom. The van der Waals surface area contributed by atoms with Crippen LogP contribution in [0, 0.1) is 11.7 Å². The number of ether oxygens (including phenoxy) is 2. The van der Waals surface area contributed by atoms with Crippen molar-refractivity contribution in [2.45, 2.75) is 38.1 Å². The van der Waals surface area contributed by atoms with Gasteiger partial charge in [-0.15, -0.1) is 0 Å². The van der Waals surface area contributed by atoms with Crippen LogP contribution in [0.5, 0.6) is 5.75 Å². The minimum absolute atomic E-state index is 0.0706. The number of hydrogen-bond acceptors (Lipinski definition) is 7. The van der Waals surface area contributed by atoms with Gasteiger partial charge in [0.15, 0.2) is 0 Å². The first-order valence-electron chi connectivity index (χ1n) is 12.8. The molecule has 2 aromatic heterocycles. The number of imidazole rings is 1. The largest absolute Gasteiger partial charge is 0.496 e. The number of carbonyl (C=O) groups is 2. The standard InChI is InChI=1S/C29H30FN5O4/c1-38-23-12-11-21(30)15-22(23)28(36)33-16-17-3-5-18(6-4-17)24-25-26(31)32-13-14-35(25)27(34-24)19-7-9-20(10-8-19)29(37)39-2/h3-6,11-15,19-20H,7-10,16H2,1-2H3,(H2,31,32)(H,33,36). The minimum Gasteiger partial charge on any atom is -0.496 e. The Morgan fingerprint density at radius 3 is 2.54 bits per heavy atom. The number of hydrogen-bond donors (Lipinski definition) is 2. The van der Waals surface area contributed by atoms with Crippen molar-refractivity contribution >= 4 is 23.2 Å². The van der Waals surface area contributed by atoms with E-state index in [1.54, 1.807) is 6.20 Å². The van der Waals surface area contributed by atoms with E-state index in [4.69, 9.17) is 20.2 Å². The first-order chi connectivity index (χ1) is 18.9. The SMILES string of the molecule is COC(=O)C1CCC(c2nc(-c3ccc(CNC(=O)c4cc(F)ccc4OC)cc3)c3c(N)nccn23)CC1. The van der Waals surface area contributed by atoms with Crippen LogP contribution >= 0.6 is 0 Å². The van der Waals surface area contributed by atoms with Gasteiger partial charge in [0.25, 0.3) is 5.91 Å². The lowest BCUT2D eigenvalue weighted by molar-refractivity contribution is -0.146. The zero-order valence-electron chi connectivity index (χ0n) is 21.8. The Balaban J connectivity index is 1.35. The van der Waals surface area contributed by atoms with Crippen molar-refractivity contribution in [3.8, 4) is 17.0 Å². The average Bonchev–Trinajstić information content (AvgIpc) is 3.37. The molecule has 4 aromatic rings. The third-order valence-corrected chi connectivity index (χ3v) is 7.32. The number of halogens is 1. The van der Waals surface area contributed by atoms with Gasteiger partial charge in [-0.3, -0.25) is 14.0 Å². The Bertz CT molecular complexity index is 1510. The molecule has 1 aliphatic carbocycles. The van der Waals surface area contributed by atoms with Crippen LogP contribution in [0.3, 0.4) is 0 Å². The molecule has 2 heterocycles. The van der Waals surface area contributed by atoms with Crippen molar-refractivity contribution in [3.05, 3.63) is 77.6 Å².